The van der Waals surface area contributed by atoms with Gasteiger partial charge in [-0.15, -0.1) is 11.3 Å². The molecule has 1 aromatic rings. The maximum Gasteiger partial charge on any atom is 0.241 e. The second-order valence-electron chi connectivity index (χ2n) is 6.07. The van der Waals surface area contributed by atoms with Crippen LogP contribution in [0.15, 0.2) is 17.5 Å². The summed E-state index contributed by atoms with van der Waals surface area (Å²) in [5.41, 5.74) is 0. The highest BCUT2D eigenvalue weighted by Crippen LogP contribution is 2.35. The van der Waals surface area contributed by atoms with Gasteiger partial charge in [-0.05, 0) is 36.0 Å². The Morgan fingerprint density at radius 1 is 1.52 bits per heavy atom. The minimum absolute atomic E-state index is 0.0199. The lowest BCUT2D eigenvalue weighted by molar-refractivity contribution is -0.130. The molecule has 2 aliphatic heterocycles. The highest BCUT2D eigenvalue weighted by molar-refractivity contribution is 8.00. The molecule has 116 valence electrons. The third-order valence-electron chi connectivity index (χ3n) is 4.65. The topological polar surface area (TPSA) is 32.3 Å². The van der Waals surface area contributed by atoms with Crippen LogP contribution in [0.1, 0.15) is 44.2 Å². The van der Waals surface area contributed by atoms with Crippen LogP contribution in [0.4, 0.5) is 0 Å². The molecule has 3 rings (SSSR count). The highest BCUT2D eigenvalue weighted by Gasteiger charge is 2.42. The van der Waals surface area contributed by atoms with E-state index in [0.717, 1.165) is 13.0 Å². The van der Waals surface area contributed by atoms with E-state index in [1.807, 2.05) is 11.8 Å². The van der Waals surface area contributed by atoms with Crippen molar-refractivity contribution in [1.29, 1.82) is 0 Å². The van der Waals surface area contributed by atoms with E-state index in [0.29, 0.717) is 17.1 Å². The number of hydrogen-bond acceptors (Lipinski definition) is 4. The molecule has 5 heteroatoms. The predicted octanol–water partition coefficient (Wildman–Crippen LogP) is 3.49. The second kappa shape index (κ2) is 6.71. The maximum absolute atomic E-state index is 12.9. The van der Waals surface area contributed by atoms with E-state index in [1.165, 1.54) is 23.5 Å². The molecule has 4 unspecified atom stereocenters. The molecule has 2 saturated heterocycles. The number of amides is 1. The number of hydrogen-bond donors (Lipinski definition) is 1. The summed E-state index contributed by atoms with van der Waals surface area (Å²) >= 11 is 3.77. The van der Waals surface area contributed by atoms with Gasteiger partial charge in [-0.1, -0.05) is 26.3 Å². The highest BCUT2D eigenvalue weighted by atomic mass is 32.2. The van der Waals surface area contributed by atoms with Gasteiger partial charge in [0.25, 0.3) is 0 Å². The van der Waals surface area contributed by atoms with Crippen molar-refractivity contribution in [2.75, 3.05) is 12.3 Å². The minimum atomic E-state index is -0.0199. The van der Waals surface area contributed by atoms with Crippen LogP contribution < -0.4 is 5.32 Å². The van der Waals surface area contributed by atoms with Gasteiger partial charge in [0.1, 0.15) is 6.17 Å². The van der Waals surface area contributed by atoms with Crippen molar-refractivity contribution in [2.24, 2.45) is 5.92 Å². The molecule has 1 N–H and O–H groups in total. The standard InChI is InChI=1S/C16H24N2OS2/c1-3-11(2)14-16(19)18(10-12-6-4-8-20-12)15(17-14)13-7-5-9-21-13/h5,7,9,11-12,14-15,17H,3-4,6,8,10H2,1-2H3. The normalized spacial score (nSPS) is 31.0. The Hall–Kier alpha value is -0.520. The van der Waals surface area contributed by atoms with Crippen LogP contribution in [0.2, 0.25) is 0 Å². The zero-order valence-electron chi connectivity index (χ0n) is 12.7. The van der Waals surface area contributed by atoms with Gasteiger partial charge < -0.3 is 4.90 Å². The summed E-state index contributed by atoms with van der Waals surface area (Å²) in [6, 6.07) is 4.20. The van der Waals surface area contributed by atoms with E-state index in [-0.39, 0.29) is 12.2 Å². The number of rotatable bonds is 5. The molecule has 1 amide bonds. The summed E-state index contributed by atoms with van der Waals surface area (Å²) in [6.45, 7) is 5.23. The molecule has 0 aliphatic carbocycles. The third-order valence-corrected chi connectivity index (χ3v) is 6.95. The number of nitrogens with zero attached hydrogens (tertiary/aromatic N) is 1. The van der Waals surface area contributed by atoms with Gasteiger partial charge in [0.05, 0.1) is 6.04 Å². The van der Waals surface area contributed by atoms with Crippen LogP contribution in [0.3, 0.4) is 0 Å². The smallest absolute Gasteiger partial charge is 0.241 e. The number of thioether (sulfide) groups is 1. The summed E-state index contributed by atoms with van der Waals surface area (Å²) in [4.78, 5) is 16.2. The summed E-state index contributed by atoms with van der Waals surface area (Å²) < 4.78 is 0. The van der Waals surface area contributed by atoms with Crippen molar-refractivity contribution in [3.8, 4) is 0 Å². The first-order valence-corrected chi connectivity index (χ1v) is 9.85. The first kappa shape index (κ1) is 15.4. The third kappa shape index (κ3) is 3.15. The minimum Gasteiger partial charge on any atom is -0.320 e. The van der Waals surface area contributed by atoms with Gasteiger partial charge in [0.2, 0.25) is 5.91 Å². The van der Waals surface area contributed by atoms with Gasteiger partial charge >= 0.3 is 0 Å². The van der Waals surface area contributed by atoms with Gasteiger partial charge in [-0.3, -0.25) is 10.1 Å². The number of thiophene rings is 1. The number of nitrogens with one attached hydrogen (secondary N) is 1. The Bertz CT molecular complexity index is 471. The van der Waals surface area contributed by atoms with Crippen molar-refractivity contribution in [3.63, 3.8) is 0 Å². The molecular formula is C16H24N2OS2. The molecule has 2 fully saturated rings. The predicted molar refractivity (Wildman–Crippen MR) is 90.6 cm³/mol. The largest absolute Gasteiger partial charge is 0.320 e. The molecule has 3 nitrogen and oxygen atoms in total. The molecule has 3 heterocycles. The van der Waals surface area contributed by atoms with Crippen molar-refractivity contribution < 1.29 is 4.79 Å². The molecule has 21 heavy (non-hydrogen) atoms. The van der Waals surface area contributed by atoms with E-state index in [9.17, 15) is 4.79 Å². The monoisotopic (exact) mass is 324 g/mol. The van der Waals surface area contributed by atoms with Crippen LogP contribution in [0.25, 0.3) is 0 Å². The lowest BCUT2D eigenvalue weighted by Gasteiger charge is -2.26. The van der Waals surface area contributed by atoms with Crippen molar-refractivity contribution in [2.45, 2.75) is 50.6 Å². The van der Waals surface area contributed by atoms with E-state index in [1.54, 1.807) is 11.3 Å². The molecular weight excluding hydrogens is 300 g/mol. The maximum atomic E-state index is 12.9. The Balaban J connectivity index is 1.79. The average Bonchev–Trinajstić information content (AvgIpc) is 3.21. The van der Waals surface area contributed by atoms with Gasteiger partial charge in [-0.25, -0.2) is 0 Å². The SMILES string of the molecule is CCC(C)C1NC(c2cccs2)N(CC2CCCS2)C1=O. The Morgan fingerprint density at radius 2 is 2.38 bits per heavy atom. The molecule has 1 aromatic heterocycles. The van der Waals surface area contributed by atoms with Crippen molar-refractivity contribution in [1.82, 2.24) is 10.2 Å². The molecule has 4 atom stereocenters. The van der Waals surface area contributed by atoms with Crippen LogP contribution in [-0.2, 0) is 4.79 Å². The number of carbonyl (C=O) groups excluding carboxylic acids is 1. The average molecular weight is 325 g/mol. The van der Waals surface area contributed by atoms with Crippen LogP contribution >= 0.6 is 23.1 Å². The van der Waals surface area contributed by atoms with E-state index in [4.69, 9.17) is 0 Å². The fourth-order valence-electron chi connectivity index (χ4n) is 3.17. The lowest BCUT2D eigenvalue weighted by Crippen LogP contribution is -2.37. The van der Waals surface area contributed by atoms with Gasteiger partial charge in [-0.2, -0.15) is 11.8 Å². The molecule has 0 radical (unpaired) electrons. The molecule has 0 bridgehead atoms. The zero-order chi connectivity index (χ0) is 14.8. The van der Waals surface area contributed by atoms with E-state index >= 15 is 0 Å². The fourth-order valence-corrected chi connectivity index (χ4v) is 5.23. The van der Waals surface area contributed by atoms with Gasteiger partial charge in [0, 0.05) is 16.7 Å². The molecule has 2 aliphatic rings. The number of carbonyl (C=O) groups is 1. The van der Waals surface area contributed by atoms with Crippen molar-refractivity contribution in [3.05, 3.63) is 22.4 Å². The molecule has 0 aromatic carbocycles. The summed E-state index contributed by atoms with van der Waals surface area (Å²) in [5, 5.41) is 6.31. The van der Waals surface area contributed by atoms with E-state index in [2.05, 4.69) is 41.6 Å². The van der Waals surface area contributed by atoms with E-state index < -0.39 is 0 Å². The summed E-state index contributed by atoms with van der Waals surface area (Å²) in [6.07, 6.45) is 3.66. The first-order chi connectivity index (χ1) is 10.2. The second-order valence-corrected chi connectivity index (χ2v) is 8.46. The summed E-state index contributed by atoms with van der Waals surface area (Å²) in [7, 11) is 0. The van der Waals surface area contributed by atoms with Crippen LogP contribution in [0.5, 0.6) is 0 Å². The first-order valence-electron chi connectivity index (χ1n) is 7.92. The Morgan fingerprint density at radius 3 is 3.00 bits per heavy atom. The molecule has 0 spiro atoms. The fraction of sp³-hybridized carbons (Fsp3) is 0.688. The quantitative estimate of drug-likeness (QED) is 0.900. The Labute approximate surface area is 135 Å². The van der Waals surface area contributed by atoms with Crippen molar-refractivity contribution >= 4 is 29.0 Å². The zero-order valence-corrected chi connectivity index (χ0v) is 14.4. The Kier molecular flexibility index (Phi) is 4.92. The van der Waals surface area contributed by atoms with Crippen LogP contribution in [0, 0.1) is 5.92 Å². The summed E-state index contributed by atoms with van der Waals surface area (Å²) in [5.74, 6) is 1.94. The lowest BCUT2D eigenvalue weighted by atomic mass is 9.99. The molecule has 0 saturated carbocycles. The van der Waals surface area contributed by atoms with Gasteiger partial charge in [0.15, 0.2) is 0 Å². The van der Waals surface area contributed by atoms with Crippen LogP contribution in [-0.4, -0.2) is 34.4 Å².